The van der Waals surface area contributed by atoms with E-state index in [0.29, 0.717) is 22.9 Å². The van der Waals surface area contributed by atoms with Gasteiger partial charge >= 0.3 is 5.69 Å². The Morgan fingerprint density at radius 3 is 2.67 bits per heavy atom. The van der Waals surface area contributed by atoms with Crippen molar-refractivity contribution in [3.63, 3.8) is 0 Å². The zero-order valence-electron chi connectivity index (χ0n) is 14.6. The van der Waals surface area contributed by atoms with Gasteiger partial charge in [-0.2, -0.15) is 0 Å². The molecule has 0 amide bonds. The van der Waals surface area contributed by atoms with Crippen LogP contribution in [0.2, 0.25) is 0 Å². The lowest BCUT2D eigenvalue weighted by molar-refractivity contribution is -0.383. The van der Waals surface area contributed by atoms with Crippen molar-refractivity contribution in [1.82, 2.24) is 9.97 Å². The summed E-state index contributed by atoms with van der Waals surface area (Å²) in [5, 5.41) is 17.4. The molecule has 0 saturated carbocycles. The zero-order valence-corrected chi connectivity index (χ0v) is 14.6. The molecule has 0 fully saturated rings. The Morgan fingerprint density at radius 1 is 1.19 bits per heavy atom. The number of aromatic nitrogens is 2. The van der Waals surface area contributed by atoms with E-state index in [2.05, 4.69) is 20.6 Å². The number of nitrogens with one attached hydrogen (secondary N) is 2. The number of ether oxygens (including phenoxy) is 2. The number of hydrogen-bond acceptors (Lipinski definition) is 9. The van der Waals surface area contributed by atoms with Crippen LogP contribution in [0.5, 0.6) is 11.5 Å². The average molecular weight is 371 g/mol. The first kappa shape index (κ1) is 18.0. The third-order valence-electron chi connectivity index (χ3n) is 3.68. The molecule has 0 aliphatic rings. The first-order valence-corrected chi connectivity index (χ1v) is 7.87. The highest BCUT2D eigenvalue weighted by atomic mass is 16.6. The second-order valence-corrected chi connectivity index (χ2v) is 5.30. The fraction of sp³-hybridized carbons (Fsp3) is 0.176. The van der Waals surface area contributed by atoms with Gasteiger partial charge < -0.3 is 24.5 Å². The van der Waals surface area contributed by atoms with Gasteiger partial charge in [-0.3, -0.25) is 10.1 Å². The largest absolute Gasteiger partial charge is 0.497 e. The molecule has 1 aromatic carbocycles. The van der Waals surface area contributed by atoms with Crippen molar-refractivity contribution >= 4 is 23.0 Å². The van der Waals surface area contributed by atoms with E-state index >= 15 is 0 Å². The lowest BCUT2D eigenvalue weighted by Gasteiger charge is -2.13. The number of furan rings is 1. The van der Waals surface area contributed by atoms with Gasteiger partial charge in [0.15, 0.2) is 0 Å². The van der Waals surface area contributed by atoms with Crippen LogP contribution in [-0.2, 0) is 6.54 Å². The Bertz CT molecular complexity index is 929. The molecular formula is C17H17N5O5. The van der Waals surface area contributed by atoms with Crippen molar-refractivity contribution in [2.75, 3.05) is 24.9 Å². The number of hydrogen-bond donors (Lipinski definition) is 2. The molecule has 140 valence electrons. The maximum atomic E-state index is 11.6. The van der Waals surface area contributed by atoms with E-state index in [0.717, 1.165) is 0 Å². The van der Waals surface area contributed by atoms with Gasteiger partial charge in [0, 0.05) is 6.07 Å². The summed E-state index contributed by atoms with van der Waals surface area (Å²) in [4.78, 5) is 19.0. The predicted molar refractivity (Wildman–Crippen MR) is 97.5 cm³/mol. The number of nitrogens with zero attached hydrogens (tertiary/aromatic N) is 3. The van der Waals surface area contributed by atoms with Crippen LogP contribution in [0.15, 0.2) is 47.3 Å². The van der Waals surface area contributed by atoms with Crippen molar-refractivity contribution in [1.29, 1.82) is 0 Å². The number of anilines is 3. The van der Waals surface area contributed by atoms with Gasteiger partial charge in [0.25, 0.3) is 0 Å². The molecule has 0 unspecified atom stereocenters. The minimum atomic E-state index is -0.553. The summed E-state index contributed by atoms with van der Waals surface area (Å²) in [6, 6.07) is 8.52. The van der Waals surface area contributed by atoms with Crippen LogP contribution in [0.3, 0.4) is 0 Å². The summed E-state index contributed by atoms with van der Waals surface area (Å²) in [5.41, 5.74) is 0.207. The van der Waals surface area contributed by atoms with Gasteiger partial charge in [0.1, 0.15) is 23.6 Å². The first-order valence-electron chi connectivity index (χ1n) is 7.87. The van der Waals surface area contributed by atoms with Crippen LogP contribution < -0.4 is 20.1 Å². The molecule has 2 heterocycles. The molecule has 0 bridgehead atoms. The molecular weight excluding hydrogens is 354 g/mol. The topological polar surface area (TPSA) is 125 Å². The Kier molecular flexibility index (Phi) is 5.36. The van der Waals surface area contributed by atoms with Crippen LogP contribution in [0.25, 0.3) is 0 Å². The van der Waals surface area contributed by atoms with Crippen molar-refractivity contribution in [2.45, 2.75) is 6.54 Å². The SMILES string of the molecule is COc1ccc(Nc2ncnc(NCc3ccco3)c2[N+](=O)[O-])c(OC)c1. The van der Waals surface area contributed by atoms with Crippen LogP contribution in [0.4, 0.5) is 23.0 Å². The van der Waals surface area contributed by atoms with Gasteiger partial charge in [0.2, 0.25) is 11.6 Å². The number of methoxy groups -OCH3 is 2. The van der Waals surface area contributed by atoms with E-state index in [1.807, 2.05) is 0 Å². The second kappa shape index (κ2) is 8.04. The summed E-state index contributed by atoms with van der Waals surface area (Å²) >= 11 is 0. The Balaban J connectivity index is 1.91. The predicted octanol–water partition coefficient (Wildman–Crippen LogP) is 3.35. The lowest BCUT2D eigenvalue weighted by atomic mass is 10.2. The van der Waals surface area contributed by atoms with Gasteiger partial charge in [-0.1, -0.05) is 0 Å². The minimum Gasteiger partial charge on any atom is -0.497 e. The third kappa shape index (κ3) is 4.06. The summed E-state index contributed by atoms with van der Waals surface area (Å²) in [6.45, 7) is 0.246. The van der Waals surface area contributed by atoms with Crippen LogP contribution in [0, 0.1) is 10.1 Å². The van der Waals surface area contributed by atoms with E-state index in [1.54, 1.807) is 30.3 Å². The molecule has 0 aliphatic heterocycles. The van der Waals surface area contributed by atoms with E-state index < -0.39 is 4.92 Å². The van der Waals surface area contributed by atoms with E-state index in [9.17, 15) is 10.1 Å². The standard InChI is InChI=1S/C17H17N5O5/c1-25-11-5-6-13(14(8-11)26-2)21-17-15(22(23)24)16(19-10-20-17)18-9-12-4-3-7-27-12/h3-8,10H,9H2,1-2H3,(H2,18,19,20,21). The quantitative estimate of drug-likeness (QED) is 0.453. The third-order valence-corrected chi connectivity index (χ3v) is 3.68. The van der Waals surface area contributed by atoms with E-state index in [1.165, 1.54) is 26.8 Å². The molecule has 2 N–H and O–H groups in total. The van der Waals surface area contributed by atoms with Crippen LogP contribution in [0.1, 0.15) is 5.76 Å². The van der Waals surface area contributed by atoms with Crippen molar-refractivity contribution < 1.29 is 18.8 Å². The zero-order chi connectivity index (χ0) is 19.2. The highest BCUT2D eigenvalue weighted by molar-refractivity contribution is 5.76. The molecule has 0 radical (unpaired) electrons. The van der Waals surface area contributed by atoms with Crippen molar-refractivity contribution in [2.24, 2.45) is 0 Å². The van der Waals surface area contributed by atoms with E-state index in [4.69, 9.17) is 13.9 Å². The van der Waals surface area contributed by atoms with Gasteiger partial charge in [-0.05, 0) is 24.3 Å². The molecule has 3 rings (SSSR count). The average Bonchev–Trinajstić information content (AvgIpc) is 3.20. The molecule has 2 aromatic heterocycles. The maximum Gasteiger partial charge on any atom is 0.353 e. The molecule has 0 saturated heterocycles. The fourth-order valence-corrected chi connectivity index (χ4v) is 2.39. The molecule has 10 heteroatoms. The normalized spacial score (nSPS) is 10.3. The Hall–Kier alpha value is -3.82. The molecule has 0 spiro atoms. The van der Waals surface area contributed by atoms with Crippen LogP contribution in [-0.4, -0.2) is 29.1 Å². The first-order chi connectivity index (χ1) is 13.1. The smallest absolute Gasteiger partial charge is 0.353 e. The van der Waals surface area contributed by atoms with E-state index in [-0.39, 0.29) is 23.9 Å². The van der Waals surface area contributed by atoms with Crippen molar-refractivity contribution in [3.05, 3.63) is 58.8 Å². The number of nitro groups is 1. The highest BCUT2D eigenvalue weighted by Crippen LogP contribution is 2.36. The number of benzene rings is 1. The summed E-state index contributed by atoms with van der Waals surface area (Å²) in [5.74, 6) is 1.76. The Labute approximate surface area is 154 Å². The summed E-state index contributed by atoms with van der Waals surface area (Å²) in [7, 11) is 3.03. The summed E-state index contributed by atoms with van der Waals surface area (Å²) < 4.78 is 15.7. The monoisotopic (exact) mass is 371 g/mol. The molecule has 0 aliphatic carbocycles. The van der Waals surface area contributed by atoms with Gasteiger partial charge in [-0.25, -0.2) is 9.97 Å². The summed E-state index contributed by atoms with van der Waals surface area (Å²) in [6.07, 6.45) is 2.75. The second-order valence-electron chi connectivity index (χ2n) is 5.30. The van der Waals surface area contributed by atoms with Crippen LogP contribution >= 0.6 is 0 Å². The van der Waals surface area contributed by atoms with Gasteiger partial charge in [-0.15, -0.1) is 0 Å². The minimum absolute atomic E-state index is 0.0282. The number of rotatable bonds is 8. The molecule has 27 heavy (non-hydrogen) atoms. The molecule has 10 nitrogen and oxygen atoms in total. The fourth-order valence-electron chi connectivity index (χ4n) is 2.39. The maximum absolute atomic E-state index is 11.6. The highest BCUT2D eigenvalue weighted by Gasteiger charge is 2.24. The Morgan fingerprint density at radius 2 is 2.00 bits per heavy atom. The lowest BCUT2D eigenvalue weighted by Crippen LogP contribution is -2.08. The molecule has 0 atom stereocenters. The molecule has 3 aromatic rings. The van der Waals surface area contributed by atoms with Crippen molar-refractivity contribution in [3.8, 4) is 11.5 Å². The van der Waals surface area contributed by atoms with Gasteiger partial charge in [0.05, 0.1) is 37.6 Å².